The summed E-state index contributed by atoms with van der Waals surface area (Å²) in [4.78, 5) is 22.9. The van der Waals surface area contributed by atoms with Crippen LogP contribution in [0.4, 0.5) is 8.78 Å². The summed E-state index contributed by atoms with van der Waals surface area (Å²) in [5, 5.41) is 20.5. The van der Waals surface area contributed by atoms with Crippen molar-refractivity contribution in [2.75, 3.05) is 14.1 Å². The van der Waals surface area contributed by atoms with E-state index in [1.165, 1.54) is 51.6 Å². The molecule has 0 aromatic heterocycles. The summed E-state index contributed by atoms with van der Waals surface area (Å²) in [5.41, 5.74) is 23.1. The van der Waals surface area contributed by atoms with Crippen LogP contribution in [-0.4, -0.2) is 53.3 Å². The van der Waals surface area contributed by atoms with Gasteiger partial charge in [0.15, 0.2) is 0 Å². The number of halogens is 5. The molecule has 0 saturated carbocycles. The monoisotopic (exact) mass is 1050 g/mol. The van der Waals surface area contributed by atoms with E-state index in [9.17, 15) is 8.78 Å². The molecule has 70 heavy (non-hydrogen) atoms. The Morgan fingerprint density at radius 1 is 0.571 bits per heavy atom. The van der Waals surface area contributed by atoms with Crippen LogP contribution in [0.25, 0.3) is 11.1 Å². The molecule has 2 atom stereocenters. The minimum absolute atomic E-state index is 0.0788. The van der Waals surface area contributed by atoms with Crippen molar-refractivity contribution < 1.29 is 28.5 Å². The van der Waals surface area contributed by atoms with Gasteiger partial charge >= 0.3 is 7.12 Å². The van der Waals surface area contributed by atoms with Gasteiger partial charge in [0.05, 0.1) is 10.0 Å². The molecule has 16 heteroatoms. The van der Waals surface area contributed by atoms with Crippen molar-refractivity contribution in [2.45, 2.75) is 75.7 Å². The summed E-state index contributed by atoms with van der Waals surface area (Å²) < 4.78 is 27.3. The second-order valence-corrected chi connectivity index (χ2v) is 20.9. The molecule has 6 N–H and O–H groups in total. The number of guanidine groups is 2. The molecule has 0 bridgehead atoms. The molecule has 6 aromatic rings. The molecule has 6 aliphatic rings. The first kappa shape index (κ1) is 48.3. The SMILES string of the molecule is CN1OC2(N=C1N)c1cc(-c3ccc(F)c(Cl)c3)ccc1CC21CCc2ccccc2CC1.CN1OC2(N=C1N)c1cc(Br)ccc1CC21CCc2ccccc2CC1.OB(O)c1ccc(F)c(Cl)c1. The molecule has 4 aliphatic carbocycles. The zero-order valence-electron chi connectivity index (χ0n) is 38.7. The van der Waals surface area contributed by atoms with Gasteiger partial charge in [-0.05, 0) is 157 Å². The fourth-order valence-corrected chi connectivity index (χ4v) is 12.4. The first-order valence-corrected chi connectivity index (χ1v) is 25.0. The van der Waals surface area contributed by atoms with Crippen molar-refractivity contribution in [3.05, 3.63) is 192 Å². The molecule has 10 nitrogen and oxygen atoms in total. The van der Waals surface area contributed by atoms with Gasteiger partial charge in [-0.3, -0.25) is 0 Å². The maximum absolute atomic E-state index is 13.8. The van der Waals surface area contributed by atoms with Crippen LogP contribution in [0.2, 0.25) is 10.0 Å². The number of aryl methyl sites for hydroxylation is 4. The third-order valence-corrected chi connectivity index (χ3v) is 16.4. The van der Waals surface area contributed by atoms with Crippen molar-refractivity contribution in [1.82, 2.24) is 10.1 Å². The number of aliphatic imine (C=N–C) groups is 2. The Labute approximate surface area is 425 Å². The van der Waals surface area contributed by atoms with Gasteiger partial charge < -0.3 is 21.5 Å². The molecule has 2 aliphatic heterocycles. The molecule has 0 radical (unpaired) electrons. The minimum Gasteiger partial charge on any atom is -0.423 e. The van der Waals surface area contributed by atoms with E-state index < -0.39 is 30.2 Å². The highest BCUT2D eigenvalue weighted by Crippen LogP contribution is 2.62. The highest BCUT2D eigenvalue weighted by Gasteiger charge is 2.64. The second kappa shape index (κ2) is 18.7. The molecule has 0 saturated heterocycles. The van der Waals surface area contributed by atoms with Crippen LogP contribution >= 0.6 is 39.1 Å². The molecule has 4 spiro atoms. The smallest absolute Gasteiger partial charge is 0.423 e. The first-order valence-electron chi connectivity index (χ1n) is 23.4. The topological polar surface area (TPSA) is 142 Å². The lowest BCUT2D eigenvalue weighted by molar-refractivity contribution is -0.224. The summed E-state index contributed by atoms with van der Waals surface area (Å²) in [6.45, 7) is 0. The van der Waals surface area contributed by atoms with E-state index in [0.717, 1.165) is 97.0 Å². The molecule has 2 unspecified atom stereocenters. The van der Waals surface area contributed by atoms with Gasteiger partial charge in [-0.1, -0.05) is 118 Å². The second-order valence-electron chi connectivity index (χ2n) is 19.2. The predicted molar refractivity (Wildman–Crippen MR) is 275 cm³/mol. The van der Waals surface area contributed by atoms with E-state index in [-0.39, 0.29) is 26.3 Å². The average molecular weight is 1050 g/mol. The Morgan fingerprint density at radius 3 is 1.41 bits per heavy atom. The fourth-order valence-electron chi connectivity index (χ4n) is 11.6. The number of hydroxylamine groups is 4. The zero-order chi connectivity index (χ0) is 49.2. The van der Waals surface area contributed by atoms with Crippen LogP contribution in [0.15, 0.2) is 136 Å². The zero-order valence-corrected chi connectivity index (χ0v) is 41.8. The lowest BCUT2D eigenvalue weighted by atomic mass is 9.71. The molecule has 6 aromatic carbocycles. The lowest BCUT2D eigenvalue weighted by Gasteiger charge is -2.40. The van der Waals surface area contributed by atoms with E-state index in [1.807, 2.05) is 14.1 Å². The Balaban J connectivity index is 0.000000136. The summed E-state index contributed by atoms with van der Waals surface area (Å²) in [7, 11) is 2.06. The molecular weight excluding hydrogens is 996 g/mol. The highest BCUT2D eigenvalue weighted by molar-refractivity contribution is 9.10. The van der Waals surface area contributed by atoms with Crippen LogP contribution in [0.3, 0.4) is 0 Å². The Morgan fingerprint density at radius 2 is 0.986 bits per heavy atom. The van der Waals surface area contributed by atoms with Crippen LogP contribution in [0.1, 0.15) is 70.2 Å². The number of hydrogen-bond acceptors (Lipinski definition) is 10. The number of benzene rings is 6. The van der Waals surface area contributed by atoms with Gasteiger partial charge in [0.2, 0.25) is 23.4 Å². The molecule has 2 heterocycles. The molecule has 0 fully saturated rings. The Hall–Kier alpha value is -5.32. The van der Waals surface area contributed by atoms with Crippen molar-refractivity contribution in [3.63, 3.8) is 0 Å². The quantitative estimate of drug-likeness (QED) is 0.126. The van der Waals surface area contributed by atoms with E-state index in [2.05, 4.69) is 101 Å². The third-order valence-electron chi connectivity index (χ3n) is 15.4. The van der Waals surface area contributed by atoms with Crippen molar-refractivity contribution in [1.29, 1.82) is 0 Å². The molecule has 0 amide bonds. The fraction of sp³-hybridized carbons (Fsp3) is 0.296. The van der Waals surface area contributed by atoms with Crippen LogP contribution < -0.4 is 16.9 Å². The summed E-state index contributed by atoms with van der Waals surface area (Å²) >= 11 is 15.1. The first-order chi connectivity index (χ1) is 33.5. The summed E-state index contributed by atoms with van der Waals surface area (Å²) in [6.07, 6.45) is 9.93. The van der Waals surface area contributed by atoms with Crippen LogP contribution in [-0.2, 0) is 59.7 Å². The van der Waals surface area contributed by atoms with Crippen LogP contribution in [0, 0.1) is 22.5 Å². The maximum atomic E-state index is 13.8. The van der Waals surface area contributed by atoms with Crippen molar-refractivity contribution in [2.24, 2.45) is 32.3 Å². The number of rotatable bonds is 2. The minimum atomic E-state index is -1.60. The van der Waals surface area contributed by atoms with E-state index in [4.69, 9.17) is 64.4 Å². The number of fused-ring (bicyclic) bond motifs is 8. The average Bonchev–Trinajstić information content (AvgIpc) is 3.89. The van der Waals surface area contributed by atoms with E-state index >= 15 is 0 Å². The van der Waals surface area contributed by atoms with E-state index in [1.54, 1.807) is 22.3 Å². The standard InChI is InChI=1S/C27H25ClFN3O.C21H22BrN3O.C6H5BClFO2/c1-32-25(30)31-27(33-32)22-14-19(20-8-9-24(29)23(28)15-20)6-7-21(22)16-26(27)12-10-17-4-2-3-5-18(17)11-13-26;1-25-19(23)24-21(26-25)18-12-17(22)7-6-16(18)13-20(21)10-8-14-4-2-3-5-15(14)9-11-20;8-5-3-4(7(10)11)1-2-6(5)9/h2-9,14-15H,10-13,16H2,1H3,(H2,30,31);2-7,12H,8-11,13H2,1H3,(H2,23,24);1-3,10-11H. The van der Waals surface area contributed by atoms with Crippen LogP contribution in [0.5, 0.6) is 0 Å². The van der Waals surface area contributed by atoms with E-state index in [0.29, 0.717) is 11.9 Å². The maximum Gasteiger partial charge on any atom is 0.488 e. The van der Waals surface area contributed by atoms with Gasteiger partial charge in [0.25, 0.3) is 0 Å². The third kappa shape index (κ3) is 8.38. The van der Waals surface area contributed by atoms with Gasteiger partial charge in [0.1, 0.15) is 11.6 Å². The number of nitrogens with two attached hydrogens (primary N) is 2. The van der Waals surface area contributed by atoms with Gasteiger partial charge in [-0.25, -0.2) is 38.6 Å². The largest absolute Gasteiger partial charge is 0.488 e. The molecule has 360 valence electrons. The summed E-state index contributed by atoms with van der Waals surface area (Å²) in [6, 6.07) is 38.7. The van der Waals surface area contributed by atoms with Gasteiger partial charge in [-0.15, -0.1) is 0 Å². The summed E-state index contributed by atoms with van der Waals surface area (Å²) in [5.74, 6) is -0.151. The lowest BCUT2D eigenvalue weighted by Crippen LogP contribution is -2.43. The highest BCUT2D eigenvalue weighted by atomic mass is 79.9. The van der Waals surface area contributed by atoms with Crippen molar-refractivity contribution in [3.8, 4) is 11.1 Å². The molecule has 12 rings (SSSR count). The predicted octanol–water partition coefficient (Wildman–Crippen LogP) is 9.69. The number of nitrogens with zero attached hydrogens (tertiary/aromatic N) is 4. The Kier molecular flexibility index (Phi) is 12.9. The molecular formula is C54H52BBrCl2F2N6O4. The van der Waals surface area contributed by atoms with Gasteiger partial charge in [-0.2, -0.15) is 0 Å². The van der Waals surface area contributed by atoms with Crippen molar-refractivity contribution >= 4 is 63.6 Å². The van der Waals surface area contributed by atoms with Gasteiger partial charge in [0, 0.05) is 40.5 Å². The Bertz CT molecular complexity index is 3040. The number of hydrogen-bond donors (Lipinski definition) is 4. The normalized spacial score (nSPS) is 22.0.